The fourth-order valence-electron chi connectivity index (χ4n) is 5.21. The van der Waals surface area contributed by atoms with Crippen LogP contribution < -0.4 is 0 Å². The summed E-state index contributed by atoms with van der Waals surface area (Å²) in [7, 11) is 0. The van der Waals surface area contributed by atoms with Crippen LogP contribution in [0, 0.1) is 23.7 Å². The van der Waals surface area contributed by atoms with Crippen molar-refractivity contribution < 1.29 is 14.3 Å². The van der Waals surface area contributed by atoms with Gasteiger partial charge < -0.3 is 9.47 Å². The minimum absolute atomic E-state index is 0.256. The van der Waals surface area contributed by atoms with Gasteiger partial charge >= 0.3 is 5.97 Å². The van der Waals surface area contributed by atoms with Gasteiger partial charge in [-0.05, 0) is 62.7 Å². The van der Waals surface area contributed by atoms with Gasteiger partial charge in [-0.25, -0.2) is 4.79 Å². The predicted molar refractivity (Wildman–Crippen MR) is 77.2 cm³/mol. The van der Waals surface area contributed by atoms with Crippen LogP contribution in [0.3, 0.4) is 0 Å². The molecule has 0 aromatic rings. The van der Waals surface area contributed by atoms with Crippen LogP contribution in [0.25, 0.3) is 0 Å². The second-order valence-corrected chi connectivity index (χ2v) is 6.83. The number of hydrogen-bond acceptors (Lipinski definition) is 3. The first-order chi connectivity index (χ1) is 9.68. The molecule has 0 N–H and O–H groups in total. The smallest absolute Gasteiger partial charge is 0.330 e. The van der Waals surface area contributed by atoms with Crippen molar-refractivity contribution in [3.63, 3.8) is 0 Å². The minimum atomic E-state index is -0.270. The van der Waals surface area contributed by atoms with E-state index in [1.165, 1.54) is 38.2 Å². The molecular formula is C17H26O3. The molecule has 0 unspecified atom stereocenters. The molecule has 4 bridgehead atoms. The number of carbonyl (C=O) groups is 1. The maximum atomic E-state index is 11.9. The fourth-order valence-corrected chi connectivity index (χ4v) is 5.21. The molecule has 3 heteroatoms. The number of carbonyl (C=O) groups excluding carboxylic acids is 1. The van der Waals surface area contributed by atoms with E-state index in [9.17, 15) is 4.79 Å². The summed E-state index contributed by atoms with van der Waals surface area (Å²) in [4.78, 5) is 11.9. The molecule has 3 nitrogen and oxygen atoms in total. The van der Waals surface area contributed by atoms with E-state index in [-0.39, 0.29) is 11.6 Å². The third-order valence-electron chi connectivity index (χ3n) is 5.82. The Balaban J connectivity index is 1.81. The molecule has 4 saturated carbocycles. The Bertz CT molecular complexity index is 360. The number of ether oxygens (including phenoxy) is 2. The van der Waals surface area contributed by atoms with Gasteiger partial charge in [-0.15, -0.1) is 0 Å². The first-order valence-electron chi connectivity index (χ1n) is 8.11. The molecule has 0 spiro atoms. The van der Waals surface area contributed by atoms with E-state index >= 15 is 0 Å². The summed E-state index contributed by atoms with van der Waals surface area (Å²) in [6, 6.07) is 0. The molecule has 0 saturated heterocycles. The highest BCUT2D eigenvalue weighted by Crippen LogP contribution is 2.60. The van der Waals surface area contributed by atoms with Gasteiger partial charge in [0.2, 0.25) is 0 Å². The summed E-state index contributed by atoms with van der Waals surface area (Å²) in [5.74, 6) is 2.58. The Morgan fingerprint density at radius 1 is 1.20 bits per heavy atom. The van der Waals surface area contributed by atoms with Crippen LogP contribution in [0.4, 0.5) is 0 Å². The van der Waals surface area contributed by atoms with E-state index in [0.29, 0.717) is 18.4 Å². The SMILES string of the molecule is C=CC(=O)OC1(CCOCC)C2CC3CC(C2)CC1C3. The Kier molecular flexibility index (Phi) is 3.89. The van der Waals surface area contributed by atoms with E-state index in [2.05, 4.69) is 6.58 Å². The van der Waals surface area contributed by atoms with Crippen molar-refractivity contribution in [1.29, 1.82) is 0 Å². The molecule has 0 aromatic carbocycles. The monoisotopic (exact) mass is 278 g/mol. The van der Waals surface area contributed by atoms with Gasteiger partial charge in [0, 0.05) is 19.1 Å². The lowest BCUT2D eigenvalue weighted by atomic mass is 9.49. The van der Waals surface area contributed by atoms with E-state index in [4.69, 9.17) is 9.47 Å². The van der Waals surface area contributed by atoms with Gasteiger partial charge in [0.15, 0.2) is 0 Å². The maximum absolute atomic E-state index is 11.9. The summed E-state index contributed by atoms with van der Waals surface area (Å²) in [5, 5.41) is 0. The molecule has 112 valence electrons. The molecule has 0 heterocycles. The molecule has 4 rings (SSSR count). The van der Waals surface area contributed by atoms with Gasteiger partial charge in [-0.2, -0.15) is 0 Å². The first kappa shape index (κ1) is 14.1. The Hall–Kier alpha value is -0.830. The summed E-state index contributed by atoms with van der Waals surface area (Å²) in [6.07, 6.45) is 8.53. The summed E-state index contributed by atoms with van der Waals surface area (Å²) >= 11 is 0. The van der Waals surface area contributed by atoms with Gasteiger partial charge in [0.05, 0.1) is 6.61 Å². The van der Waals surface area contributed by atoms with Gasteiger partial charge in [0.1, 0.15) is 5.60 Å². The lowest BCUT2D eigenvalue weighted by Gasteiger charge is -2.60. The quantitative estimate of drug-likeness (QED) is 0.425. The number of hydrogen-bond donors (Lipinski definition) is 0. The van der Waals surface area contributed by atoms with Gasteiger partial charge in [-0.3, -0.25) is 0 Å². The molecule has 4 aliphatic rings. The fraction of sp³-hybridized carbons (Fsp3) is 0.824. The van der Waals surface area contributed by atoms with Crippen LogP contribution in [-0.4, -0.2) is 24.8 Å². The zero-order chi connectivity index (χ0) is 14.2. The van der Waals surface area contributed by atoms with Gasteiger partial charge in [-0.1, -0.05) is 6.58 Å². The van der Waals surface area contributed by atoms with Crippen molar-refractivity contribution in [2.75, 3.05) is 13.2 Å². The first-order valence-corrected chi connectivity index (χ1v) is 8.11. The maximum Gasteiger partial charge on any atom is 0.330 e. The lowest BCUT2D eigenvalue weighted by molar-refractivity contribution is -0.210. The van der Waals surface area contributed by atoms with Crippen LogP contribution in [0.1, 0.15) is 45.4 Å². The zero-order valence-electron chi connectivity index (χ0n) is 12.5. The lowest BCUT2D eigenvalue weighted by Crippen LogP contribution is -2.60. The predicted octanol–water partition coefficient (Wildman–Crippen LogP) is 3.34. The molecular weight excluding hydrogens is 252 g/mol. The Morgan fingerprint density at radius 2 is 1.80 bits per heavy atom. The second-order valence-electron chi connectivity index (χ2n) is 6.83. The van der Waals surface area contributed by atoms with E-state index in [1.54, 1.807) is 0 Å². The standard InChI is InChI=1S/C17H26O3/c1-3-16(18)20-17(5-6-19-4-2)14-8-12-7-13(10-14)11-15(17)9-12/h3,12-15H,1,4-11H2,2H3. The van der Waals surface area contributed by atoms with E-state index in [1.807, 2.05) is 6.92 Å². The average Bonchev–Trinajstić information content (AvgIpc) is 2.43. The molecule has 0 amide bonds. The summed E-state index contributed by atoms with van der Waals surface area (Å²) in [6.45, 7) is 7.00. The van der Waals surface area contributed by atoms with Crippen molar-refractivity contribution in [2.45, 2.75) is 51.0 Å². The number of esters is 1. The summed E-state index contributed by atoms with van der Waals surface area (Å²) in [5.41, 5.74) is -0.270. The molecule has 20 heavy (non-hydrogen) atoms. The van der Waals surface area contributed by atoms with Crippen LogP contribution in [0.2, 0.25) is 0 Å². The average molecular weight is 278 g/mol. The van der Waals surface area contributed by atoms with Crippen molar-refractivity contribution in [3.8, 4) is 0 Å². The largest absolute Gasteiger partial charge is 0.455 e. The molecule has 0 aromatic heterocycles. The Morgan fingerprint density at radius 3 is 2.30 bits per heavy atom. The number of rotatable bonds is 6. The topological polar surface area (TPSA) is 35.5 Å². The second kappa shape index (κ2) is 5.51. The zero-order valence-corrected chi connectivity index (χ0v) is 12.5. The highest BCUT2D eigenvalue weighted by atomic mass is 16.6. The molecule has 0 atom stereocenters. The van der Waals surface area contributed by atoms with Crippen molar-refractivity contribution in [2.24, 2.45) is 23.7 Å². The molecule has 4 aliphatic carbocycles. The highest BCUT2D eigenvalue weighted by Gasteiger charge is 2.59. The van der Waals surface area contributed by atoms with Gasteiger partial charge in [0.25, 0.3) is 0 Å². The normalized spacial score (nSPS) is 41.6. The van der Waals surface area contributed by atoms with Crippen LogP contribution in [-0.2, 0) is 14.3 Å². The summed E-state index contributed by atoms with van der Waals surface area (Å²) < 4.78 is 11.5. The van der Waals surface area contributed by atoms with Crippen molar-refractivity contribution >= 4 is 5.97 Å². The van der Waals surface area contributed by atoms with Crippen LogP contribution in [0.15, 0.2) is 12.7 Å². The van der Waals surface area contributed by atoms with E-state index < -0.39 is 0 Å². The van der Waals surface area contributed by atoms with Crippen LogP contribution >= 0.6 is 0 Å². The third kappa shape index (κ3) is 2.30. The minimum Gasteiger partial charge on any atom is -0.455 e. The molecule has 4 fully saturated rings. The Labute approximate surface area is 121 Å². The van der Waals surface area contributed by atoms with Crippen molar-refractivity contribution in [1.82, 2.24) is 0 Å². The van der Waals surface area contributed by atoms with Crippen LogP contribution in [0.5, 0.6) is 0 Å². The molecule has 0 aliphatic heterocycles. The van der Waals surface area contributed by atoms with Crippen molar-refractivity contribution in [3.05, 3.63) is 12.7 Å². The third-order valence-corrected chi connectivity index (χ3v) is 5.82. The highest BCUT2D eigenvalue weighted by molar-refractivity contribution is 5.81. The van der Waals surface area contributed by atoms with E-state index in [0.717, 1.165) is 24.9 Å². The molecule has 0 radical (unpaired) electrons.